The third-order valence-corrected chi connectivity index (χ3v) is 4.79. The van der Waals surface area contributed by atoms with E-state index in [1.165, 1.54) is 24.0 Å². The highest BCUT2D eigenvalue weighted by Crippen LogP contribution is 2.40. The molecule has 2 aliphatic rings. The van der Waals surface area contributed by atoms with Crippen LogP contribution in [0.3, 0.4) is 0 Å². The molecule has 1 aliphatic carbocycles. The standard InChI is InChI=1S/C18H28N2O/c1-13(2)20-10-11-21-17(12-19-3)18(20)16-8-6-15(7-9-16)14-4-5-14/h6-9,13-14,17-19H,4-5,10-12H2,1-3H3. The molecule has 1 heterocycles. The number of ether oxygens (including phenoxy) is 1. The summed E-state index contributed by atoms with van der Waals surface area (Å²) in [7, 11) is 2.00. The third-order valence-electron chi connectivity index (χ3n) is 4.79. The zero-order valence-corrected chi connectivity index (χ0v) is 13.5. The number of morpholine rings is 1. The average Bonchev–Trinajstić information content (AvgIpc) is 3.32. The van der Waals surface area contributed by atoms with E-state index in [0.29, 0.717) is 12.1 Å². The van der Waals surface area contributed by atoms with Crippen molar-refractivity contribution in [3.05, 3.63) is 35.4 Å². The van der Waals surface area contributed by atoms with Gasteiger partial charge in [-0.05, 0) is 50.8 Å². The van der Waals surface area contributed by atoms with Crippen molar-refractivity contribution in [2.24, 2.45) is 0 Å². The Balaban J connectivity index is 1.84. The van der Waals surface area contributed by atoms with Crippen molar-refractivity contribution in [3.8, 4) is 0 Å². The lowest BCUT2D eigenvalue weighted by Crippen LogP contribution is -2.51. The van der Waals surface area contributed by atoms with Crippen LogP contribution in [0.4, 0.5) is 0 Å². The van der Waals surface area contributed by atoms with Crippen LogP contribution < -0.4 is 5.32 Å². The van der Waals surface area contributed by atoms with Crippen molar-refractivity contribution in [2.45, 2.75) is 50.8 Å². The van der Waals surface area contributed by atoms with Gasteiger partial charge in [-0.3, -0.25) is 4.90 Å². The van der Waals surface area contributed by atoms with Gasteiger partial charge in [0.15, 0.2) is 0 Å². The van der Waals surface area contributed by atoms with Crippen molar-refractivity contribution in [2.75, 3.05) is 26.7 Å². The Hall–Kier alpha value is -0.900. The minimum Gasteiger partial charge on any atom is -0.374 e. The Kier molecular flexibility index (Phi) is 4.63. The van der Waals surface area contributed by atoms with Crippen LogP contribution in [0, 0.1) is 0 Å². The normalized spacial score (nSPS) is 27.2. The second-order valence-corrected chi connectivity index (χ2v) is 6.68. The minimum atomic E-state index is 0.234. The molecule has 1 N–H and O–H groups in total. The number of nitrogens with zero attached hydrogens (tertiary/aromatic N) is 1. The van der Waals surface area contributed by atoms with Crippen LogP contribution in [-0.2, 0) is 4.74 Å². The van der Waals surface area contributed by atoms with E-state index in [2.05, 4.69) is 48.3 Å². The summed E-state index contributed by atoms with van der Waals surface area (Å²) in [5.74, 6) is 0.830. The molecule has 116 valence electrons. The van der Waals surface area contributed by atoms with Gasteiger partial charge < -0.3 is 10.1 Å². The maximum Gasteiger partial charge on any atom is 0.0896 e. The monoisotopic (exact) mass is 288 g/mol. The summed E-state index contributed by atoms with van der Waals surface area (Å²) >= 11 is 0. The Morgan fingerprint density at radius 3 is 2.43 bits per heavy atom. The maximum absolute atomic E-state index is 6.05. The lowest BCUT2D eigenvalue weighted by molar-refractivity contribution is -0.0815. The van der Waals surface area contributed by atoms with Crippen molar-refractivity contribution < 1.29 is 4.74 Å². The first-order valence-electron chi connectivity index (χ1n) is 8.32. The topological polar surface area (TPSA) is 24.5 Å². The molecule has 1 aromatic rings. The molecule has 0 amide bonds. The van der Waals surface area contributed by atoms with Gasteiger partial charge in [-0.15, -0.1) is 0 Å². The molecule has 1 aliphatic heterocycles. The molecule has 0 radical (unpaired) electrons. The number of rotatable bonds is 5. The number of hydrogen-bond donors (Lipinski definition) is 1. The maximum atomic E-state index is 6.05. The molecule has 21 heavy (non-hydrogen) atoms. The average molecular weight is 288 g/mol. The van der Waals surface area contributed by atoms with Crippen LogP contribution in [0.15, 0.2) is 24.3 Å². The second kappa shape index (κ2) is 6.47. The van der Waals surface area contributed by atoms with Crippen LogP contribution in [0.2, 0.25) is 0 Å². The third kappa shape index (κ3) is 3.31. The Bertz CT molecular complexity index is 451. The fourth-order valence-electron chi connectivity index (χ4n) is 3.49. The molecule has 0 aromatic heterocycles. The first-order valence-corrected chi connectivity index (χ1v) is 8.32. The smallest absolute Gasteiger partial charge is 0.0896 e. The molecule has 2 atom stereocenters. The van der Waals surface area contributed by atoms with Crippen molar-refractivity contribution in [1.29, 1.82) is 0 Å². The molecular weight excluding hydrogens is 260 g/mol. The SMILES string of the molecule is CNCC1OCCN(C(C)C)C1c1ccc(C2CC2)cc1. The summed E-state index contributed by atoms with van der Waals surface area (Å²) < 4.78 is 6.05. The van der Waals surface area contributed by atoms with Gasteiger partial charge in [-0.2, -0.15) is 0 Å². The molecule has 0 spiro atoms. The minimum absolute atomic E-state index is 0.234. The first-order chi connectivity index (χ1) is 10.2. The highest BCUT2D eigenvalue weighted by atomic mass is 16.5. The van der Waals surface area contributed by atoms with Gasteiger partial charge in [0.05, 0.1) is 18.8 Å². The van der Waals surface area contributed by atoms with E-state index in [1.807, 2.05) is 7.05 Å². The Labute approximate surface area is 128 Å². The highest BCUT2D eigenvalue weighted by Gasteiger charge is 2.34. The molecule has 1 saturated carbocycles. The van der Waals surface area contributed by atoms with E-state index < -0.39 is 0 Å². The van der Waals surface area contributed by atoms with Gasteiger partial charge in [-0.1, -0.05) is 24.3 Å². The molecule has 2 unspecified atom stereocenters. The Morgan fingerprint density at radius 2 is 1.86 bits per heavy atom. The van der Waals surface area contributed by atoms with Crippen LogP contribution in [0.1, 0.15) is 49.8 Å². The lowest BCUT2D eigenvalue weighted by atomic mass is 9.95. The predicted molar refractivity (Wildman–Crippen MR) is 86.7 cm³/mol. The number of hydrogen-bond acceptors (Lipinski definition) is 3. The summed E-state index contributed by atoms with van der Waals surface area (Å²) in [6.45, 7) is 7.33. The molecule has 2 fully saturated rings. The highest BCUT2D eigenvalue weighted by molar-refractivity contribution is 5.30. The van der Waals surface area contributed by atoms with Crippen LogP contribution in [0.5, 0.6) is 0 Å². The largest absolute Gasteiger partial charge is 0.374 e. The van der Waals surface area contributed by atoms with E-state index in [4.69, 9.17) is 4.74 Å². The summed E-state index contributed by atoms with van der Waals surface area (Å²) in [6.07, 6.45) is 2.97. The zero-order valence-electron chi connectivity index (χ0n) is 13.5. The number of likely N-dealkylation sites (N-methyl/N-ethyl adjacent to an activating group) is 1. The van der Waals surface area contributed by atoms with Gasteiger partial charge in [0.25, 0.3) is 0 Å². The summed E-state index contributed by atoms with van der Waals surface area (Å²) in [5, 5.41) is 3.28. The molecule has 1 saturated heterocycles. The molecule has 3 rings (SSSR count). The predicted octanol–water partition coefficient (Wildman–Crippen LogP) is 2.93. The fraction of sp³-hybridized carbons (Fsp3) is 0.667. The summed E-state index contributed by atoms with van der Waals surface area (Å²) in [6, 6.07) is 10.2. The number of benzene rings is 1. The van der Waals surface area contributed by atoms with Gasteiger partial charge in [-0.25, -0.2) is 0 Å². The van der Waals surface area contributed by atoms with Gasteiger partial charge in [0.1, 0.15) is 0 Å². The second-order valence-electron chi connectivity index (χ2n) is 6.68. The Morgan fingerprint density at radius 1 is 1.19 bits per heavy atom. The van der Waals surface area contributed by atoms with E-state index >= 15 is 0 Å². The van der Waals surface area contributed by atoms with Gasteiger partial charge >= 0.3 is 0 Å². The quantitative estimate of drug-likeness (QED) is 0.901. The van der Waals surface area contributed by atoms with Crippen LogP contribution in [-0.4, -0.2) is 43.8 Å². The fourth-order valence-corrected chi connectivity index (χ4v) is 3.49. The molecular formula is C18H28N2O. The van der Waals surface area contributed by atoms with Gasteiger partial charge in [0, 0.05) is 19.1 Å². The zero-order chi connectivity index (χ0) is 14.8. The van der Waals surface area contributed by atoms with E-state index in [-0.39, 0.29) is 6.10 Å². The number of nitrogens with one attached hydrogen (secondary N) is 1. The molecule has 3 heteroatoms. The van der Waals surface area contributed by atoms with Crippen molar-refractivity contribution in [1.82, 2.24) is 10.2 Å². The van der Waals surface area contributed by atoms with Crippen LogP contribution in [0.25, 0.3) is 0 Å². The first kappa shape index (κ1) is 15.0. The molecule has 3 nitrogen and oxygen atoms in total. The summed E-state index contributed by atoms with van der Waals surface area (Å²) in [4.78, 5) is 2.58. The van der Waals surface area contributed by atoms with E-state index in [1.54, 1.807) is 0 Å². The van der Waals surface area contributed by atoms with Crippen molar-refractivity contribution in [3.63, 3.8) is 0 Å². The van der Waals surface area contributed by atoms with Gasteiger partial charge in [0.2, 0.25) is 0 Å². The van der Waals surface area contributed by atoms with Crippen LogP contribution >= 0.6 is 0 Å². The molecule has 1 aromatic carbocycles. The molecule has 0 bridgehead atoms. The summed E-state index contributed by atoms with van der Waals surface area (Å²) in [5.41, 5.74) is 2.91. The van der Waals surface area contributed by atoms with Crippen molar-refractivity contribution >= 4 is 0 Å². The lowest BCUT2D eigenvalue weighted by Gasteiger charge is -2.43. The van der Waals surface area contributed by atoms with E-state index in [9.17, 15) is 0 Å². The van der Waals surface area contributed by atoms with E-state index in [0.717, 1.165) is 25.6 Å².